The Labute approximate surface area is 213 Å². The van der Waals surface area contributed by atoms with Crippen molar-refractivity contribution in [3.05, 3.63) is 100 Å². The number of benzene rings is 3. The summed E-state index contributed by atoms with van der Waals surface area (Å²) in [6.45, 7) is 0. The first-order valence-electron chi connectivity index (χ1n) is 10.8. The highest BCUT2D eigenvalue weighted by Gasteiger charge is 2.19. The van der Waals surface area contributed by atoms with Gasteiger partial charge in [-0.05, 0) is 48.0 Å². The van der Waals surface area contributed by atoms with Gasteiger partial charge in [-0.15, -0.1) is 0 Å². The molecule has 0 fully saturated rings. The van der Waals surface area contributed by atoms with Crippen molar-refractivity contribution in [1.82, 2.24) is 10.4 Å². The van der Waals surface area contributed by atoms with E-state index in [1.165, 1.54) is 24.4 Å². The number of H-pyrrole nitrogens is 1. The number of carbonyl (C=O) groups is 2. The van der Waals surface area contributed by atoms with Crippen molar-refractivity contribution in [1.29, 1.82) is 0 Å². The molecule has 0 unspecified atom stereocenters. The van der Waals surface area contributed by atoms with Gasteiger partial charge in [-0.25, -0.2) is 10.2 Å². The molecule has 9 heteroatoms. The fraction of sp³-hybridized carbons (Fsp3) is 0. The predicted octanol–water partition coefficient (Wildman–Crippen LogP) is 6.03. The van der Waals surface area contributed by atoms with E-state index < -0.39 is 11.9 Å². The van der Waals surface area contributed by atoms with Crippen molar-refractivity contribution < 1.29 is 24.2 Å². The molecule has 0 spiro atoms. The molecule has 36 heavy (non-hydrogen) atoms. The van der Waals surface area contributed by atoms with Gasteiger partial charge in [0.2, 0.25) is 0 Å². The Morgan fingerprint density at radius 3 is 2.53 bits per heavy atom. The molecule has 0 saturated heterocycles. The van der Waals surface area contributed by atoms with Crippen LogP contribution in [0.15, 0.2) is 92.9 Å². The van der Waals surface area contributed by atoms with Crippen LogP contribution in [-0.2, 0) is 0 Å². The first-order valence-corrected chi connectivity index (χ1v) is 11.6. The number of carbonyl (C=O) groups excluding carboxylic acids is 1. The number of aromatic hydroxyl groups is 1. The summed E-state index contributed by atoms with van der Waals surface area (Å²) >= 11 is 3.50. The Morgan fingerprint density at radius 2 is 1.78 bits per heavy atom. The number of aromatic carboxylic acids is 1. The van der Waals surface area contributed by atoms with E-state index in [2.05, 4.69) is 31.4 Å². The lowest BCUT2D eigenvalue weighted by Gasteiger charge is -2.04. The van der Waals surface area contributed by atoms with Gasteiger partial charge in [0.15, 0.2) is 0 Å². The van der Waals surface area contributed by atoms with E-state index in [0.717, 1.165) is 26.5 Å². The fourth-order valence-electron chi connectivity index (χ4n) is 3.89. The highest BCUT2D eigenvalue weighted by Crippen LogP contribution is 2.34. The maximum Gasteiger partial charge on any atom is 0.339 e. The molecule has 2 heterocycles. The summed E-state index contributed by atoms with van der Waals surface area (Å²) in [5.74, 6) is -1.24. The second-order valence-electron chi connectivity index (χ2n) is 7.87. The first-order chi connectivity index (χ1) is 17.4. The van der Waals surface area contributed by atoms with Crippen LogP contribution in [0.4, 0.5) is 0 Å². The van der Waals surface area contributed by atoms with Crippen LogP contribution in [0.1, 0.15) is 26.6 Å². The molecular formula is C27H18BrN3O5. The van der Waals surface area contributed by atoms with Gasteiger partial charge in [-0.3, -0.25) is 4.79 Å². The van der Waals surface area contributed by atoms with Crippen LogP contribution in [0.3, 0.4) is 0 Å². The summed E-state index contributed by atoms with van der Waals surface area (Å²) in [4.78, 5) is 27.3. The third-order valence-corrected chi connectivity index (χ3v) is 6.04. The van der Waals surface area contributed by atoms with Gasteiger partial charge in [-0.1, -0.05) is 52.3 Å². The van der Waals surface area contributed by atoms with Gasteiger partial charge in [0, 0.05) is 26.5 Å². The summed E-state index contributed by atoms with van der Waals surface area (Å²) in [5.41, 5.74) is 5.69. The third kappa shape index (κ3) is 4.51. The monoisotopic (exact) mass is 543 g/mol. The SMILES string of the molecule is O=C(O)c1ccc(-c2ccc(/C=N/NC(=O)c3[nH]c4ccc(Br)cc4c3-c3ccccc3)o2)cc1O. The molecule has 5 rings (SSSR count). The molecule has 0 bridgehead atoms. The van der Waals surface area contributed by atoms with Crippen LogP contribution in [0.2, 0.25) is 0 Å². The quantitative estimate of drug-likeness (QED) is 0.153. The second-order valence-corrected chi connectivity index (χ2v) is 8.78. The first kappa shape index (κ1) is 23.1. The number of aromatic nitrogens is 1. The number of amides is 1. The van der Waals surface area contributed by atoms with Gasteiger partial charge < -0.3 is 19.6 Å². The molecule has 1 amide bonds. The Kier molecular flexibility index (Phi) is 6.14. The summed E-state index contributed by atoms with van der Waals surface area (Å²) in [5, 5.41) is 23.9. The van der Waals surface area contributed by atoms with E-state index in [-0.39, 0.29) is 11.3 Å². The van der Waals surface area contributed by atoms with Gasteiger partial charge in [-0.2, -0.15) is 5.10 Å². The average molecular weight is 544 g/mol. The van der Waals surface area contributed by atoms with Crippen molar-refractivity contribution in [3.63, 3.8) is 0 Å². The number of halogens is 1. The van der Waals surface area contributed by atoms with Crippen molar-refractivity contribution in [2.75, 3.05) is 0 Å². The largest absolute Gasteiger partial charge is 0.507 e. The molecule has 0 radical (unpaired) electrons. The predicted molar refractivity (Wildman–Crippen MR) is 139 cm³/mol. The van der Waals surface area contributed by atoms with Crippen LogP contribution >= 0.6 is 15.9 Å². The number of phenols is 1. The summed E-state index contributed by atoms with van der Waals surface area (Å²) in [7, 11) is 0. The molecule has 5 aromatic rings. The van der Waals surface area contributed by atoms with E-state index in [9.17, 15) is 14.7 Å². The number of hydrogen-bond donors (Lipinski definition) is 4. The highest BCUT2D eigenvalue weighted by molar-refractivity contribution is 9.10. The van der Waals surface area contributed by atoms with Crippen LogP contribution in [0.5, 0.6) is 5.75 Å². The van der Waals surface area contributed by atoms with Gasteiger partial charge >= 0.3 is 5.97 Å². The minimum Gasteiger partial charge on any atom is -0.507 e. The average Bonchev–Trinajstić information content (AvgIpc) is 3.49. The van der Waals surface area contributed by atoms with Gasteiger partial charge in [0.05, 0.1) is 6.21 Å². The number of furan rings is 1. The maximum absolute atomic E-state index is 13.1. The lowest BCUT2D eigenvalue weighted by molar-refractivity contribution is 0.0693. The molecule has 0 aliphatic carbocycles. The number of hydrazone groups is 1. The molecule has 0 aliphatic heterocycles. The molecule has 0 aliphatic rings. The van der Waals surface area contributed by atoms with Crippen molar-refractivity contribution in [2.45, 2.75) is 0 Å². The number of carboxylic acids is 1. The van der Waals surface area contributed by atoms with Crippen LogP contribution in [0.25, 0.3) is 33.4 Å². The smallest absolute Gasteiger partial charge is 0.339 e. The zero-order valence-corrected chi connectivity index (χ0v) is 20.1. The van der Waals surface area contributed by atoms with Crippen LogP contribution in [0, 0.1) is 0 Å². The van der Waals surface area contributed by atoms with Crippen molar-refractivity contribution in [3.8, 4) is 28.2 Å². The molecular weight excluding hydrogens is 526 g/mol. The van der Waals surface area contributed by atoms with E-state index in [1.807, 2.05) is 48.5 Å². The highest BCUT2D eigenvalue weighted by atomic mass is 79.9. The third-order valence-electron chi connectivity index (χ3n) is 5.55. The van der Waals surface area contributed by atoms with Crippen molar-refractivity contribution in [2.24, 2.45) is 5.10 Å². The number of carboxylic acid groups (broad SMARTS) is 1. The molecule has 4 N–H and O–H groups in total. The van der Waals surface area contributed by atoms with E-state index >= 15 is 0 Å². The number of aromatic amines is 1. The summed E-state index contributed by atoms with van der Waals surface area (Å²) < 4.78 is 6.59. The molecule has 2 aromatic heterocycles. The minimum absolute atomic E-state index is 0.200. The number of nitrogens with one attached hydrogen (secondary N) is 2. The molecule has 0 atom stereocenters. The Hall–Kier alpha value is -4.63. The molecule has 3 aromatic carbocycles. The van der Waals surface area contributed by atoms with Crippen molar-refractivity contribution >= 4 is 44.9 Å². The van der Waals surface area contributed by atoms with Crippen LogP contribution in [-0.4, -0.2) is 33.3 Å². The molecule has 0 saturated carbocycles. The van der Waals surface area contributed by atoms with Gasteiger partial charge in [0.1, 0.15) is 28.5 Å². The number of hydrogen-bond acceptors (Lipinski definition) is 5. The van der Waals surface area contributed by atoms with E-state index in [4.69, 9.17) is 9.52 Å². The Bertz CT molecular complexity index is 1640. The fourth-order valence-corrected chi connectivity index (χ4v) is 4.25. The van der Waals surface area contributed by atoms with E-state index in [0.29, 0.717) is 22.8 Å². The summed E-state index contributed by atoms with van der Waals surface area (Å²) in [6, 6.07) is 22.8. The number of nitrogens with zero attached hydrogens (tertiary/aromatic N) is 1. The zero-order valence-electron chi connectivity index (χ0n) is 18.5. The Morgan fingerprint density at radius 1 is 0.972 bits per heavy atom. The second kappa shape index (κ2) is 9.55. The Balaban J connectivity index is 1.38. The normalized spacial score (nSPS) is 11.2. The maximum atomic E-state index is 13.1. The van der Waals surface area contributed by atoms with Crippen LogP contribution < -0.4 is 5.43 Å². The standard InChI is InChI=1S/C27H18BrN3O5/c28-17-7-10-21-20(13-17)24(15-4-2-1-3-5-15)25(30-21)26(33)31-29-14-18-8-11-23(36-18)16-6-9-19(27(34)35)22(32)12-16/h1-14,30,32H,(H,31,33)(H,34,35)/b29-14+. The lowest BCUT2D eigenvalue weighted by atomic mass is 10.0. The van der Waals surface area contributed by atoms with E-state index in [1.54, 1.807) is 12.1 Å². The summed E-state index contributed by atoms with van der Waals surface area (Å²) in [6.07, 6.45) is 1.36. The topological polar surface area (TPSA) is 128 Å². The lowest BCUT2D eigenvalue weighted by Crippen LogP contribution is -2.18. The number of rotatable bonds is 6. The number of fused-ring (bicyclic) bond motifs is 1. The van der Waals surface area contributed by atoms with Gasteiger partial charge in [0.25, 0.3) is 5.91 Å². The molecule has 178 valence electrons. The zero-order chi connectivity index (χ0) is 25.2. The molecule has 8 nitrogen and oxygen atoms in total. The minimum atomic E-state index is -1.22.